The zero-order valence-corrected chi connectivity index (χ0v) is 26.4. The van der Waals surface area contributed by atoms with E-state index in [0.717, 1.165) is 23.1 Å². The third kappa shape index (κ3) is 6.84. The first-order valence-corrected chi connectivity index (χ1v) is 16.2. The molecule has 5 rings (SSSR count). The van der Waals surface area contributed by atoms with Gasteiger partial charge < -0.3 is 9.47 Å². The van der Waals surface area contributed by atoms with Gasteiger partial charge in [0.05, 0.1) is 11.4 Å². The molecule has 0 unspecified atom stereocenters. The lowest BCUT2D eigenvalue weighted by Crippen LogP contribution is -2.37. The maximum Gasteiger partial charge on any atom is 0.241 e. The van der Waals surface area contributed by atoms with Crippen molar-refractivity contribution in [1.29, 1.82) is 0 Å². The molecule has 4 aromatic rings. The van der Waals surface area contributed by atoms with Crippen molar-refractivity contribution < 1.29 is 29.2 Å². The van der Waals surface area contributed by atoms with Gasteiger partial charge in [0.15, 0.2) is 11.6 Å². The molecule has 2 atom stereocenters. The average Bonchev–Trinajstić information content (AvgIpc) is 3.37. The summed E-state index contributed by atoms with van der Waals surface area (Å²) in [5, 5.41) is 0.450. The Balaban J connectivity index is 1.52. The first-order valence-electron chi connectivity index (χ1n) is 14.3. The molecule has 0 bridgehead atoms. The summed E-state index contributed by atoms with van der Waals surface area (Å²) in [6, 6.07) is 18.0. The summed E-state index contributed by atoms with van der Waals surface area (Å²) in [4.78, 5) is 20.2. The van der Waals surface area contributed by atoms with Gasteiger partial charge in [-0.15, -0.1) is 0 Å². The summed E-state index contributed by atoms with van der Waals surface area (Å²) < 4.78 is 45.5. The van der Waals surface area contributed by atoms with Crippen molar-refractivity contribution in [1.82, 2.24) is 14.3 Å². The number of carbonyl (C=O) groups excluding carboxylic acids is 1. The molecule has 0 saturated carbocycles. The number of fused-ring (bicyclic) bond motifs is 1. The van der Waals surface area contributed by atoms with Crippen molar-refractivity contribution in [3.63, 3.8) is 0 Å². The van der Waals surface area contributed by atoms with E-state index < -0.39 is 16.1 Å². The first-order chi connectivity index (χ1) is 20.3. The van der Waals surface area contributed by atoms with Crippen LogP contribution in [0.4, 0.5) is 10.1 Å². The van der Waals surface area contributed by atoms with Gasteiger partial charge in [0.1, 0.15) is 11.6 Å². The van der Waals surface area contributed by atoms with E-state index in [1.54, 1.807) is 29.3 Å². The number of nitrogens with zero attached hydrogens (tertiary/aromatic N) is 3. The SMILES string of the molecule is C[C@@H](CC(=O)N(Cc1nccn1C)c1ccc2c(c1)[C@H](NS(=O)(=O)c1cccc([ClH+])c1)CCC2(C)C)c1cccc(F)c1. The van der Waals surface area contributed by atoms with Gasteiger partial charge in [-0.25, -0.2) is 22.5 Å². The number of hydrogen-bond acceptors (Lipinski definition) is 4. The largest absolute Gasteiger partial charge is 0.337 e. The number of rotatable bonds is 9. The van der Waals surface area contributed by atoms with Gasteiger partial charge >= 0.3 is 0 Å². The van der Waals surface area contributed by atoms with E-state index in [9.17, 15) is 17.6 Å². The van der Waals surface area contributed by atoms with Crippen LogP contribution in [0.1, 0.15) is 74.5 Å². The van der Waals surface area contributed by atoms with Crippen LogP contribution < -0.4 is 9.62 Å². The molecule has 1 aliphatic carbocycles. The zero-order valence-electron chi connectivity index (χ0n) is 24.7. The van der Waals surface area contributed by atoms with Gasteiger partial charge in [0.25, 0.3) is 0 Å². The smallest absolute Gasteiger partial charge is 0.241 e. The Morgan fingerprint density at radius 1 is 1.16 bits per heavy atom. The van der Waals surface area contributed by atoms with Crippen molar-refractivity contribution in [3.05, 3.63) is 112 Å². The monoisotopic (exact) mass is 623 g/mol. The number of carbonyl (C=O) groups is 1. The van der Waals surface area contributed by atoms with Crippen LogP contribution in [-0.4, -0.2) is 23.9 Å². The highest BCUT2D eigenvalue weighted by molar-refractivity contribution is 7.89. The molecular weight excluding hydrogens is 587 g/mol. The van der Waals surface area contributed by atoms with Gasteiger partial charge in [-0.3, -0.25) is 4.79 Å². The predicted octanol–water partition coefficient (Wildman–Crippen LogP) is 6.07. The summed E-state index contributed by atoms with van der Waals surface area (Å²) in [7, 11) is -1.98. The van der Waals surface area contributed by atoms with E-state index in [1.165, 1.54) is 24.3 Å². The molecule has 0 spiro atoms. The highest BCUT2D eigenvalue weighted by Gasteiger charge is 2.36. The Hall–Kier alpha value is -3.53. The number of imidazole rings is 1. The first kappa shape index (κ1) is 30.9. The number of aryl methyl sites for hydroxylation is 1. The number of benzene rings is 3. The number of sulfonamides is 1. The second-order valence-corrected chi connectivity index (χ2v) is 14.1. The van der Waals surface area contributed by atoms with Gasteiger partial charge in [0.2, 0.25) is 21.0 Å². The Morgan fingerprint density at radius 3 is 2.63 bits per heavy atom. The van der Waals surface area contributed by atoms with E-state index in [4.69, 9.17) is 11.6 Å². The van der Waals surface area contributed by atoms with Crippen LogP contribution >= 0.6 is 0 Å². The van der Waals surface area contributed by atoms with E-state index in [-0.39, 0.29) is 40.9 Å². The fraction of sp³-hybridized carbons (Fsp3) is 0.333. The molecule has 0 radical (unpaired) electrons. The second-order valence-electron chi connectivity index (χ2n) is 11.9. The van der Waals surface area contributed by atoms with Gasteiger partial charge in [-0.2, -0.15) is 0 Å². The minimum absolute atomic E-state index is 0.125. The fourth-order valence-electron chi connectivity index (χ4n) is 5.75. The van der Waals surface area contributed by atoms with Crippen molar-refractivity contribution in [3.8, 4) is 0 Å². The number of anilines is 1. The normalized spacial score (nSPS) is 16.8. The second kappa shape index (κ2) is 12.2. The molecular formula is C33H37ClFN4O3S+. The van der Waals surface area contributed by atoms with E-state index in [0.29, 0.717) is 23.0 Å². The minimum atomic E-state index is -3.85. The van der Waals surface area contributed by atoms with Crippen LogP contribution in [0.15, 0.2) is 84.0 Å². The number of hydrogen-bond donors (Lipinski definition) is 1. The third-order valence-corrected chi connectivity index (χ3v) is 10.1. The van der Waals surface area contributed by atoms with Gasteiger partial charge in [0, 0.05) is 49.7 Å². The number of amides is 1. The molecule has 43 heavy (non-hydrogen) atoms. The lowest BCUT2D eigenvalue weighted by atomic mass is 9.71. The van der Waals surface area contributed by atoms with Gasteiger partial charge in [-0.05, 0) is 71.2 Å². The van der Waals surface area contributed by atoms with Crippen LogP contribution in [0.5, 0.6) is 0 Å². The molecule has 1 N–H and O–H groups in total. The van der Waals surface area contributed by atoms with E-state index >= 15 is 0 Å². The Kier molecular flexibility index (Phi) is 8.79. The number of halogens is 2. The van der Waals surface area contributed by atoms with Crippen molar-refractivity contribution in [2.75, 3.05) is 4.90 Å². The molecule has 0 aliphatic heterocycles. The molecule has 226 valence electrons. The lowest BCUT2D eigenvalue weighted by Gasteiger charge is -2.38. The highest BCUT2D eigenvalue weighted by Crippen LogP contribution is 2.43. The average molecular weight is 624 g/mol. The lowest BCUT2D eigenvalue weighted by molar-refractivity contribution is -0.289. The molecule has 7 nitrogen and oxygen atoms in total. The predicted molar refractivity (Wildman–Crippen MR) is 163 cm³/mol. The zero-order chi connectivity index (χ0) is 30.9. The summed E-state index contributed by atoms with van der Waals surface area (Å²) in [6.45, 7) is 6.43. The molecule has 3 aromatic carbocycles. The number of aromatic nitrogens is 2. The van der Waals surface area contributed by atoms with Crippen LogP contribution in [0.25, 0.3) is 0 Å². The quantitative estimate of drug-likeness (QED) is 0.245. The summed E-state index contributed by atoms with van der Waals surface area (Å²) in [5.41, 5.74) is 3.08. The molecule has 0 saturated heterocycles. The maximum absolute atomic E-state index is 13.9. The molecule has 0 fully saturated rings. The van der Waals surface area contributed by atoms with E-state index in [2.05, 4.69) is 23.6 Å². The summed E-state index contributed by atoms with van der Waals surface area (Å²) in [5.74, 6) is -0.00439. The Labute approximate surface area is 257 Å². The van der Waals surface area contributed by atoms with Crippen molar-refractivity contribution in [2.24, 2.45) is 7.05 Å². The standard InChI is InChI=1S/C33H37ClFN4O3S/c1-22(23-7-5-9-25(35)18-23)17-32(40)39(21-31-36-15-16-38(31)4)26-11-12-29-28(20-26)30(13-14-33(29,2)3)37-43(41,42)27-10-6-8-24(34)19-27/h5-12,15-16,18-20,22,30,34,37H,13-14,17,21H2,1-4H3/q+1/t22-,30+/m0/s1. The van der Waals surface area contributed by atoms with E-state index in [1.807, 2.05) is 49.0 Å². The van der Waals surface area contributed by atoms with Crippen LogP contribution in [0.2, 0.25) is 5.02 Å². The molecule has 1 amide bonds. The van der Waals surface area contributed by atoms with Gasteiger partial charge in [-0.1, -0.05) is 45.0 Å². The number of nitrogens with one attached hydrogen (secondary N) is 1. The van der Waals surface area contributed by atoms with Crippen LogP contribution in [0.3, 0.4) is 0 Å². The van der Waals surface area contributed by atoms with Crippen LogP contribution in [-0.2, 0) is 33.8 Å². The summed E-state index contributed by atoms with van der Waals surface area (Å²) in [6.07, 6.45) is 5.05. The molecule has 1 aliphatic rings. The summed E-state index contributed by atoms with van der Waals surface area (Å²) >= 11 is 5.20. The topological polar surface area (TPSA) is 84.3 Å². The highest BCUT2D eigenvalue weighted by atomic mass is 35.5. The Bertz CT molecular complexity index is 1750. The van der Waals surface area contributed by atoms with Crippen molar-refractivity contribution >= 4 is 21.6 Å². The molecule has 1 heterocycles. The maximum atomic E-state index is 13.9. The fourth-order valence-corrected chi connectivity index (χ4v) is 7.33. The minimum Gasteiger partial charge on any atom is -0.337 e. The molecule has 1 aromatic heterocycles. The molecule has 10 heteroatoms. The van der Waals surface area contributed by atoms with Crippen molar-refractivity contribution in [2.45, 2.75) is 68.8 Å². The third-order valence-electron chi connectivity index (χ3n) is 8.34. The Morgan fingerprint density at radius 2 is 1.93 bits per heavy atom. The van der Waals surface area contributed by atoms with Crippen LogP contribution in [0, 0.1) is 17.4 Å².